The highest BCUT2D eigenvalue weighted by atomic mass is 16.3. The van der Waals surface area contributed by atoms with Gasteiger partial charge in [0.15, 0.2) is 0 Å². The number of aliphatic hydroxyl groups is 1. The highest BCUT2D eigenvalue weighted by molar-refractivity contribution is 5.78. The monoisotopic (exact) mass is 314 g/mol. The first kappa shape index (κ1) is 17.0. The van der Waals surface area contributed by atoms with E-state index >= 15 is 0 Å². The zero-order valence-corrected chi connectivity index (χ0v) is 13.7. The van der Waals surface area contributed by atoms with Gasteiger partial charge in [-0.25, -0.2) is 9.97 Å². The van der Waals surface area contributed by atoms with E-state index in [1.807, 2.05) is 20.8 Å². The van der Waals surface area contributed by atoms with Crippen molar-refractivity contribution in [2.24, 2.45) is 0 Å². The molecule has 23 heavy (non-hydrogen) atoms. The molecular weight excluding hydrogens is 292 g/mol. The number of rotatable bonds is 5. The van der Waals surface area contributed by atoms with Crippen LogP contribution in [0, 0.1) is 0 Å². The number of nitrogens with zero attached hydrogens (tertiary/aromatic N) is 3. The maximum atomic E-state index is 11.9. The number of hydrogen-bond donors (Lipinski definition) is 2. The Kier molecular flexibility index (Phi) is 5.39. The lowest BCUT2D eigenvalue weighted by Gasteiger charge is -2.16. The van der Waals surface area contributed by atoms with Crippen LogP contribution in [0.4, 0.5) is 0 Å². The lowest BCUT2D eigenvalue weighted by Crippen LogP contribution is -2.29. The Morgan fingerprint density at radius 2 is 1.96 bits per heavy atom. The van der Waals surface area contributed by atoms with Gasteiger partial charge in [-0.05, 0) is 11.6 Å². The summed E-state index contributed by atoms with van der Waals surface area (Å²) in [5.74, 6) is 0.564. The van der Waals surface area contributed by atoms with Crippen LogP contribution in [0.1, 0.15) is 43.8 Å². The molecule has 6 nitrogen and oxygen atoms in total. The maximum absolute atomic E-state index is 11.9. The third-order valence-corrected chi connectivity index (χ3v) is 3.30. The molecule has 2 N–H and O–H groups in total. The second-order valence-electron chi connectivity index (χ2n) is 6.45. The molecule has 0 aliphatic carbocycles. The molecule has 2 aromatic heterocycles. The van der Waals surface area contributed by atoms with Crippen LogP contribution in [0.3, 0.4) is 0 Å². The van der Waals surface area contributed by atoms with Crippen LogP contribution in [-0.2, 0) is 16.6 Å². The van der Waals surface area contributed by atoms with Crippen molar-refractivity contribution in [1.82, 2.24) is 20.3 Å². The van der Waals surface area contributed by atoms with Crippen LogP contribution in [0.25, 0.3) is 0 Å². The summed E-state index contributed by atoms with van der Waals surface area (Å²) in [6.45, 7) is 6.25. The molecule has 0 aliphatic heterocycles. The average molecular weight is 314 g/mol. The number of carbonyl (C=O) groups excluding carboxylic acids is 1. The third kappa shape index (κ3) is 5.10. The van der Waals surface area contributed by atoms with Gasteiger partial charge in [-0.15, -0.1) is 0 Å². The molecule has 0 bridgehead atoms. The summed E-state index contributed by atoms with van der Waals surface area (Å²) >= 11 is 0. The van der Waals surface area contributed by atoms with E-state index in [4.69, 9.17) is 0 Å². The number of aromatic nitrogens is 3. The van der Waals surface area contributed by atoms with Crippen LogP contribution in [0.5, 0.6) is 0 Å². The summed E-state index contributed by atoms with van der Waals surface area (Å²) in [4.78, 5) is 24.5. The summed E-state index contributed by atoms with van der Waals surface area (Å²) < 4.78 is 0. The van der Waals surface area contributed by atoms with Crippen molar-refractivity contribution in [3.63, 3.8) is 0 Å². The third-order valence-electron chi connectivity index (χ3n) is 3.30. The highest BCUT2D eigenvalue weighted by Gasteiger charge is 2.17. The lowest BCUT2D eigenvalue weighted by molar-refractivity contribution is -0.120. The van der Waals surface area contributed by atoms with E-state index in [1.165, 1.54) is 0 Å². The first-order chi connectivity index (χ1) is 10.9. The maximum Gasteiger partial charge on any atom is 0.224 e. The van der Waals surface area contributed by atoms with Gasteiger partial charge in [0.05, 0.1) is 12.5 Å². The van der Waals surface area contributed by atoms with Crippen LogP contribution in [0.2, 0.25) is 0 Å². The standard InChI is InChI=1S/C17H22N4O2/c1-17(2,3)16-20-8-12(9-21-16)7-15(23)19-11-14(22)13-5-4-6-18-10-13/h4-6,8-10,14,22H,7,11H2,1-3H3,(H,19,23). The largest absolute Gasteiger partial charge is 0.387 e. The molecule has 0 aliphatic rings. The Morgan fingerprint density at radius 1 is 1.26 bits per heavy atom. The highest BCUT2D eigenvalue weighted by Crippen LogP contribution is 2.17. The number of aliphatic hydroxyl groups excluding tert-OH is 1. The smallest absolute Gasteiger partial charge is 0.224 e. The lowest BCUT2D eigenvalue weighted by atomic mass is 9.96. The molecule has 2 heterocycles. The summed E-state index contributed by atoms with van der Waals surface area (Å²) in [6.07, 6.45) is 5.97. The van der Waals surface area contributed by atoms with Crippen LogP contribution >= 0.6 is 0 Å². The predicted molar refractivity (Wildman–Crippen MR) is 86.6 cm³/mol. The molecule has 0 radical (unpaired) electrons. The molecule has 2 rings (SSSR count). The Labute approximate surface area is 136 Å². The summed E-state index contributed by atoms with van der Waals surface area (Å²) in [5.41, 5.74) is 1.30. The number of pyridine rings is 1. The molecule has 0 aromatic carbocycles. The van der Waals surface area contributed by atoms with E-state index in [1.54, 1.807) is 36.9 Å². The second kappa shape index (κ2) is 7.28. The Hall–Kier alpha value is -2.34. The summed E-state index contributed by atoms with van der Waals surface area (Å²) in [6, 6.07) is 3.51. The molecule has 6 heteroatoms. The number of nitrogens with one attached hydrogen (secondary N) is 1. The minimum absolute atomic E-state index is 0.116. The van der Waals surface area contributed by atoms with Crippen molar-refractivity contribution in [3.05, 3.63) is 53.9 Å². The molecule has 0 spiro atoms. The summed E-state index contributed by atoms with van der Waals surface area (Å²) in [7, 11) is 0. The van der Waals surface area contributed by atoms with Crippen LogP contribution in [0.15, 0.2) is 36.9 Å². The van der Waals surface area contributed by atoms with Crippen molar-refractivity contribution < 1.29 is 9.90 Å². The number of carbonyl (C=O) groups is 1. The van der Waals surface area contributed by atoms with Gasteiger partial charge in [-0.3, -0.25) is 9.78 Å². The van der Waals surface area contributed by atoms with Gasteiger partial charge >= 0.3 is 0 Å². The number of amides is 1. The fourth-order valence-electron chi connectivity index (χ4n) is 1.98. The second-order valence-corrected chi connectivity index (χ2v) is 6.45. The molecule has 0 fully saturated rings. The quantitative estimate of drug-likeness (QED) is 0.874. The van der Waals surface area contributed by atoms with Crippen molar-refractivity contribution in [3.8, 4) is 0 Å². The van der Waals surface area contributed by atoms with E-state index < -0.39 is 6.10 Å². The molecule has 122 valence electrons. The molecule has 0 saturated heterocycles. The predicted octanol–water partition coefficient (Wildman–Crippen LogP) is 1.56. The zero-order valence-electron chi connectivity index (χ0n) is 13.7. The van der Waals surface area contributed by atoms with E-state index in [2.05, 4.69) is 20.3 Å². The van der Waals surface area contributed by atoms with Crippen molar-refractivity contribution in [2.45, 2.75) is 38.7 Å². The van der Waals surface area contributed by atoms with Gasteiger partial charge in [0.25, 0.3) is 0 Å². The molecule has 1 amide bonds. The van der Waals surface area contributed by atoms with E-state index in [0.29, 0.717) is 5.56 Å². The molecule has 0 saturated carbocycles. The van der Waals surface area contributed by atoms with Gasteiger partial charge in [0, 0.05) is 42.3 Å². The van der Waals surface area contributed by atoms with Crippen molar-refractivity contribution >= 4 is 5.91 Å². The van der Waals surface area contributed by atoms with E-state index in [-0.39, 0.29) is 24.3 Å². The van der Waals surface area contributed by atoms with Crippen LogP contribution < -0.4 is 5.32 Å². The number of hydrogen-bond acceptors (Lipinski definition) is 5. The zero-order chi connectivity index (χ0) is 16.9. The van der Waals surface area contributed by atoms with Gasteiger partial charge in [-0.1, -0.05) is 26.8 Å². The first-order valence-corrected chi connectivity index (χ1v) is 7.52. The van der Waals surface area contributed by atoms with Crippen molar-refractivity contribution in [2.75, 3.05) is 6.54 Å². The minimum Gasteiger partial charge on any atom is -0.387 e. The van der Waals surface area contributed by atoms with E-state index in [0.717, 1.165) is 11.4 Å². The van der Waals surface area contributed by atoms with Gasteiger partial charge in [0.1, 0.15) is 5.82 Å². The normalized spacial score (nSPS) is 12.7. The van der Waals surface area contributed by atoms with Crippen molar-refractivity contribution in [1.29, 1.82) is 0 Å². The molecule has 2 aromatic rings. The van der Waals surface area contributed by atoms with Crippen LogP contribution in [-0.4, -0.2) is 32.5 Å². The van der Waals surface area contributed by atoms with Gasteiger partial charge < -0.3 is 10.4 Å². The fourth-order valence-corrected chi connectivity index (χ4v) is 1.98. The molecule has 1 atom stereocenters. The Morgan fingerprint density at radius 3 is 2.52 bits per heavy atom. The average Bonchev–Trinajstić information content (AvgIpc) is 2.53. The Bertz CT molecular complexity index is 636. The van der Waals surface area contributed by atoms with E-state index in [9.17, 15) is 9.90 Å². The minimum atomic E-state index is -0.771. The topological polar surface area (TPSA) is 88.0 Å². The van der Waals surface area contributed by atoms with Gasteiger partial charge in [-0.2, -0.15) is 0 Å². The first-order valence-electron chi connectivity index (χ1n) is 7.52. The van der Waals surface area contributed by atoms with Gasteiger partial charge in [0.2, 0.25) is 5.91 Å². The summed E-state index contributed by atoms with van der Waals surface area (Å²) in [5, 5.41) is 12.7. The fraction of sp³-hybridized carbons (Fsp3) is 0.412. The molecular formula is C17H22N4O2. The SMILES string of the molecule is CC(C)(C)c1ncc(CC(=O)NCC(O)c2cccnc2)cn1. The molecule has 1 unspecified atom stereocenters. The Balaban J connectivity index is 1.85.